The Hall–Kier alpha value is -2.89. The van der Waals surface area contributed by atoms with Gasteiger partial charge in [0, 0.05) is 16.5 Å². The molecule has 1 aromatic carbocycles. The molecule has 0 bridgehead atoms. The van der Waals surface area contributed by atoms with Gasteiger partial charge in [0.25, 0.3) is 0 Å². The quantitative estimate of drug-likeness (QED) is 0.285. The average molecular weight is 494 g/mol. The van der Waals surface area contributed by atoms with Crippen LogP contribution in [0.25, 0.3) is 0 Å². The summed E-state index contributed by atoms with van der Waals surface area (Å²) in [6.07, 6.45) is 1.76. The van der Waals surface area contributed by atoms with E-state index in [0.717, 1.165) is 0 Å². The highest BCUT2D eigenvalue weighted by atomic mass is 79.9. The monoisotopic (exact) mass is 492 g/mol. The van der Waals surface area contributed by atoms with Gasteiger partial charge in [0.1, 0.15) is 35.1 Å². The van der Waals surface area contributed by atoms with E-state index in [9.17, 15) is 9.65 Å². The molecule has 1 atom stereocenters. The lowest BCUT2D eigenvalue weighted by atomic mass is 9.92. The standard InChI is InChI=1S/C16H11Br2FN8/c17-3-7-6(1-2-9(18)11(7)19)13-10-12(22)8(4-20)14(23)26-15(10)27-16(25-13)24-5-21/h1-2,13H,3H2,(H6,22,23,24,25,26,27). The van der Waals surface area contributed by atoms with Crippen LogP contribution in [-0.4, -0.2) is 10.9 Å². The molecule has 1 aliphatic heterocycles. The fraction of sp³-hybridized carbons (Fsp3) is 0.125. The van der Waals surface area contributed by atoms with Crippen LogP contribution in [0.4, 0.5) is 21.7 Å². The van der Waals surface area contributed by atoms with Gasteiger partial charge in [-0.25, -0.2) is 14.4 Å². The van der Waals surface area contributed by atoms with Gasteiger partial charge in [0.2, 0.25) is 5.96 Å². The minimum atomic E-state index is -0.799. The number of nitrogen functional groups attached to an aromatic ring is 2. The van der Waals surface area contributed by atoms with Crippen LogP contribution < -0.4 is 22.1 Å². The molecule has 1 unspecified atom stereocenters. The number of anilines is 3. The summed E-state index contributed by atoms with van der Waals surface area (Å²) in [6, 6.07) is 4.37. The fourth-order valence-corrected chi connectivity index (χ4v) is 3.75. The van der Waals surface area contributed by atoms with Gasteiger partial charge in [-0.3, -0.25) is 5.32 Å². The molecule has 0 fully saturated rings. The maximum atomic E-state index is 14.6. The Morgan fingerprint density at radius 3 is 2.70 bits per heavy atom. The van der Waals surface area contributed by atoms with Crippen molar-refractivity contribution in [1.82, 2.24) is 10.3 Å². The summed E-state index contributed by atoms with van der Waals surface area (Å²) in [6.45, 7) is 0. The van der Waals surface area contributed by atoms with E-state index in [0.29, 0.717) is 21.2 Å². The molecule has 136 valence electrons. The highest BCUT2D eigenvalue weighted by molar-refractivity contribution is 9.10. The van der Waals surface area contributed by atoms with E-state index in [1.54, 1.807) is 18.3 Å². The minimum absolute atomic E-state index is 0.0189. The number of aliphatic imine (C=N–C) groups is 1. The number of halogens is 3. The maximum absolute atomic E-state index is 14.6. The van der Waals surface area contributed by atoms with E-state index in [1.807, 2.05) is 6.07 Å². The van der Waals surface area contributed by atoms with Gasteiger partial charge >= 0.3 is 0 Å². The number of aromatic nitrogens is 1. The van der Waals surface area contributed by atoms with Gasteiger partial charge in [-0.2, -0.15) is 10.5 Å². The Bertz CT molecular complexity index is 1050. The Labute approximate surface area is 170 Å². The van der Waals surface area contributed by atoms with Crippen LogP contribution in [0.3, 0.4) is 0 Å². The van der Waals surface area contributed by atoms with E-state index >= 15 is 0 Å². The van der Waals surface area contributed by atoms with Gasteiger partial charge < -0.3 is 16.8 Å². The fourth-order valence-electron chi connectivity index (χ4n) is 2.81. The van der Waals surface area contributed by atoms with E-state index in [4.69, 9.17) is 16.7 Å². The summed E-state index contributed by atoms with van der Waals surface area (Å²) in [7, 11) is 0. The molecular formula is C16H11Br2FN8. The van der Waals surface area contributed by atoms with Crippen LogP contribution in [-0.2, 0) is 5.33 Å². The molecule has 8 nitrogen and oxygen atoms in total. The normalized spacial score (nSPS) is 15.0. The molecule has 1 aromatic heterocycles. The number of pyridine rings is 1. The molecule has 6 N–H and O–H groups in total. The third kappa shape index (κ3) is 3.16. The second-order valence-corrected chi connectivity index (χ2v) is 6.88. The molecule has 3 rings (SSSR count). The SMILES string of the molecule is N#CNC1=NC(c2ccc(Br)c(F)c2CBr)c2c(nc(N)c(C#N)c2N)N1. The Morgan fingerprint density at radius 1 is 1.33 bits per heavy atom. The van der Waals surface area contributed by atoms with Crippen molar-refractivity contribution in [3.8, 4) is 12.3 Å². The zero-order chi connectivity index (χ0) is 19.7. The molecule has 11 heteroatoms. The van der Waals surface area contributed by atoms with E-state index in [1.165, 1.54) is 0 Å². The maximum Gasteiger partial charge on any atom is 0.211 e. The number of guanidine groups is 1. The zero-order valence-corrected chi connectivity index (χ0v) is 16.7. The molecule has 0 amide bonds. The predicted octanol–water partition coefficient (Wildman–Crippen LogP) is 2.86. The first kappa shape index (κ1) is 18.9. The van der Waals surface area contributed by atoms with Crippen LogP contribution in [0.2, 0.25) is 0 Å². The smallest absolute Gasteiger partial charge is 0.211 e. The highest BCUT2D eigenvalue weighted by Crippen LogP contribution is 2.42. The van der Waals surface area contributed by atoms with Crippen molar-refractivity contribution in [2.45, 2.75) is 11.4 Å². The number of rotatable bonds is 2. The second kappa shape index (κ2) is 7.39. The van der Waals surface area contributed by atoms with Gasteiger partial charge in [0.05, 0.1) is 10.2 Å². The third-order valence-electron chi connectivity index (χ3n) is 4.02. The van der Waals surface area contributed by atoms with E-state index in [2.05, 4.69) is 52.5 Å². The van der Waals surface area contributed by atoms with Crippen LogP contribution in [0, 0.1) is 28.6 Å². The number of hydrogen-bond donors (Lipinski definition) is 4. The first-order valence-electron chi connectivity index (χ1n) is 7.44. The number of fused-ring (bicyclic) bond motifs is 1. The van der Waals surface area contributed by atoms with Crippen LogP contribution >= 0.6 is 31.9 Å². The number of nitrogens with one attached hydrogen (secondary N) is 2. The van der Waals surface area contributed by atoms with Crippen LogP contribution in [0.1, 0.15) is 28.3 Å². The van der Waals surface area contributed by atoms with Crippen molar-refractivity contribution < 1.29 is 4.39 Å². The van der Waals surface area contributed by atoms with Crippen molar-refractivity contribution in [3.05, 3.63) is 44.7 Å². The molecule has 0 aliphatic carbocycles. The average Bonchev–Trinajstić information content (AvgIpc) is 2.63. The number of nitriles is 2. The first-order valence-corrected chi connectivity index (χ1v) is 9.35. The molecule has 27 heavy (non-hydrogen) atoms. The van der Waals surface area contributed by atoms with Gasteiger partial charge in [0.15, 0.2) is 6.19 Å². The van der Waals surface area contributed by atoms with Crippen molar-refractivity contribution in [2.24, 2.45) is 4.99 Å². The summed E-state index contributed by atoms with van der Waals surface area (Å²) in [5.74, 6) is -0.154. The number of alkyl halides is 1. The molecule has 1 aliphatic rings. The Kier molecular flexibility index (Phi) is 5.17. The van der Waals surface area contributed by atoms with Crippen LogP contribution in [0.5, 0.6) is 0 Å². The van der Waals surface area contributed by atoms with Gasteiger partial charge in [-0.05, 0) is 27.6 Å². The van der Waals surface area contributed by atoms with Crippen molar-refractivity contribution >= 4 is 55.1 Å². The summed E-state index contributed by atoms with van der Waals surface area (Å²) in [5, 5.41) is 23.7. The van der Waals surface area contributed by atoms with E-state index < -0.39 is 11.9 Å². The van der Waals surface area contributed by atoms with Crippen molar-refractivity contribution in [3.63, 3.8) is 0 Å². The summed E-state index contributed by atoms with van der Waals surface area (Å²) in [4.78, 5) is 8.60. The van der Waals surface area contributed by atoms with Crippen LogP contribution in [0.15, 0.2) is 21.6 Å². The van der Waals surface area contributed by atoms with Gasteiger partial charge in [-0.1, -0.05) is 22.0 Å². The summed E-state index contributed by atoms with van der Waals surface area (Å²) in [5.41, 5.74) is 13.3. The zero-order valence-electron chi connectivity index (χ0n) is 13.5. The third-order valence-corrected chi connectivity index (χ3v) is 5.19. The Morgan fingerprint density at radius 2 is 2.07 bits per heavy atom. The topological polar surface area (TPSA) is 149 Å². The molecule has 0 saturated heterocycles. The van der Waals surface area contributed by atoms with E-state index in [-0.39, 0.29) is 34.2 Å². The number of benzene rings is 1. The number of nitrogens with zero attached hydrogens (tertiary/aromatic N) is 4. The molecule has 0 spiro atoms. The molecular weight excluding hydrogens is 483 g/mol. The Balaban J connectivity index is 2.32. The molecule has 0 radical (unpaired) electrons. The summed E-state index contributed by atoms with van der Waals surface area (Å²) < 4.78 is 14.9. The number of nitrogens with two attached hydrogens (primary N) is 2. The lowest BCUT2D eigenvalue weighted by Gasteiger charge is -2.27. The highest BCUT2D eigenvalue weighted by Gasteiger charge is 2.31. The molecule has 0 saturated carbocycles. The van der Waals surface area contributed by atoms with Crippen molar-refractivity contribution in [2.75, 3.05) is 16.8 Å². The number of hydrogen-bond acceptors (Lipinski definition) is 8. The first-order chi connectivity index (χ1) is 12.9. The largest absolute Gasteiger partial charge is 0.397 e. The second-order valence-electron chi connectivity index (χ2n) is 5.46. The minimum Gasteiger partial charge on any atom is -0.397 e. The predicted molar refractivity (Wildman–Crippen MR) is 106 cm³/mol. The molecule has 2 aromatic rings. The molecule has 2 heterocycles. The van der Waals surface area contributed by atoms with Gasteiger partial charge in [-0.15, -0.1) is 0 Å². The van der Waals surface area contributed by atoms with Crippen molar-refractivity contribution in [1.29, 1.82) is 10.5 Å². The lowest BCUT2D eigenvalue weighted by Crippen LogP contribution is -2.33. The summed E-state index contributed by atoms with van der Waals surface area (Å²) >= 11 is 6.46. The lowest BCUT2D eigenvalue weighted by molar-refractivity contribution is 0.605.